The number of hydrogen-bond acceptors (Lipinski definition) is 6. The van der Waals surface area contributed by atoms with E-state index in [1.807, 2.05) is 0 Å². The van der Waals surface area contributed by atoms with Crippen LogP contribution in [0.4, 0.5) is 10.5 Å². The molecule has 0 aliphatic rings. The quantitative estimate of drug-likeness (QED) is 0.656. The number of urea groups is 1. The smallest absolute Gasteiger partial charge is 0.319 e. The van der Waals surface area contributed by atoms with E-state index in [1.54, 1.807) is 24.3 Å². The Morgan fingerprint density at radius 3 is 2.89 bits per heavy atom. The summed E-state index contributed by atoms with van der Waals surface area (Å²) in [5.74, 6) is 0.924. The Morgan fingerprint density at radius 2 is 2.15 bits per heavy atom. The van der Waals surface area contributed by atoms with Crippen molar-refractivity contribution in [2.45, 2.75) is 6.54 Å². The topological polar surface area (TPSA) is 116 Å². The number of ether oxygens (including phenoxy) is 1. The minimum Gasteiger partial charge on any atom is -0.495 e. The molecule has 2 amide bonds. The van der Waals surface area contributed by atoms with Gasteiger partial charge in [0.05, 0.1) is 19.3 Å². The van der Waals surface area contributed by atoms with Gasteiger partial charge >= 0.3 is 6.03 Å². The maximum Gasteiger partial charge on any atom is 0.319 e. The lowest BCUT2D eigenvalue weighted by molar-refractivity contribution is 0.251. The van der Waals surface area contributed by atoms with E-state index in [0.717, 1.165) is 0 Å². The fourth-order valence-corrected chi connectivity index (χ4v) is 2.44. The van der Waals surface area contributed by atoms with Crippen molar-refractivity contribution in [2.75, 3.05) is 19.0 Å². The van der Waals surface area contributed by atoms with Crippen molar-refractivity contribution < 1.29 is 9.53 Å². The molecule has 11 heteroatoms. The number of benzene rings is 1. The predicted molar refractivity (Wildman–Crippen MR) is 98.4 cm³/mol. The van der Waals surface area contributed by atoms with Gasteiger partial charge in [-0.15, -0.1) is 5.10 Å². The molecule has 0 aliphatic heterocycles. The van der Waals surface area contributed by atoms with Crippen LogP contribution in [0.1, 0.15) is 0 Å². The number of nitrogens with zero attached hydrogens (tertiary/aromatic N) is 5. The minimum atomic E-state index is -0.462. The summed E-state index contributed by atoms with van der Waals surface area (Å²) in [5, 5.41) is 13.9. The summed E-state index contributed by atoms with van der Waals surface area (Å²) in [6, 6.07) is 7.34. The van der Waals surface area contributed by atoms with Crippen molar-refractivity contribution in [1.82, 2.24) is 29.9 Å². The molecule has 3 rings (SSSR count). The zero-order chi connectivity index (χ0) is 19.2. The van der Waals surface area contributed by atoms with Gasteiger partial charge in [0.25, 0.3) is 5.56 Å². The first kappa shape index (κ1) is 18.4. The lowest BCUT2D eigenvalue weighted by atomic mass is 10.3. The van der Waals surface area contributed by atoms with Crippen molar-refractivity contribution >= 4 is 23.3 Å². The number of rotatable bonds is 6. The summed E-state index contributed by atoms with van der Waals surface area (Å²) >= 11 is 5.93. The van der Waals surface area contributed by atoms with Gasteiger partial charge in [-0.05, 0) is 24.3 Å². The zero-order valence-electron chi connectivity index (χ0n) is 14.3. The maximum atomic E-state index is 12.1. The molecule has 2 aromatic heterocycles. The van der Waals surface area contributed by atoms with Crippen LogP contribution in [0.5, 0.6) is 5.75 Å². The fourth-order valence-electron chi connectivity index (χ4n) is 2.27. The van der Waals surface area contributed by atoms with Crippen LogP contribution in [0, 0.1) is 0 Å². The molecule has 0 saturated carbocycles. The Hall–Kier alpha value is -3.40. The Bertz CT molecular complexity index is 988. The summed E-state index contributed by atoms with van der Waals surface area (Å²) in [4.78, 5) is 27.8. The van der Waals surface area contributed by atoms with Crippen LogP contribution in [0.25, 0.3) is 5.82 Å². The molecule has 3 aromatic rings. The molecule has 0 radical (unpaired) electrons. The van der Waals surface area contributed by atoms with Gasteiger partial charge in [-0.25, -0.2) is 19.1 Å². The van der Waals surface area contributed by atoms with E-state index in [4.69, 9.17) is 16.3 Å². The number of carbonyl (C=O) groups excluding carboxylic acids is 1. The standard InChI is InChI=1S/C16H16ClN7O3/c1-27-13-3-2-11(17)8-12(13)21-16(26)19-6-7-23-15(25)5-4-14(22-23)24-10-18-9-20-24/h2-5,8-10H,6-7H2,1H3,(H2,19,21,26). The van der Waals surface area contributed by atoms with Gasteiger partial charge in [-0.2, -0.15) is 5.10 Å². The van der Waals surface area contributed by atoms with Crippen LogP contribution < -0.4 is 20.9 Å². The summed E-state index contributed by atoms with van der Waals surface area (Å²) in [5.41, 5.74) is 0.142. The molecular formula is C16H16ClN7O3. The molecule has 2 N–H and O–H groups in total. The molecule has 0 fully saturated rings. The van der Waals surface area contributed by atoms with Gasteiger partial charge in [0.15, 0.2) is 5.82 Å². The molecule has 0 spiro atoms. The molecule has 2 heterocycles. The number of hydrogen-bond donors (Lipinski definition) is 2. The van der Waals surface area contributed by atoms with Crippen LogP contribution in [0.2, 0.25) is 5.02 Å². The van der Waals surface area contributed by atoms with Crippen molar-refractivity contribution in [2.24, 2.45) is 0 Å². The number of methoxy groups -OCH3 is 1. The molecule has 0 saturated heterocycles. The second kappa shape index (κ2) is 8.32. The normalized spacial score (nSPS) is 10.4. The third-order valence-corrected chi connectivity index (χ3v) is 3.76. The Kier molecular flexibility index (Phi) is 5.67. The highest BCUT2D eigenvalue weighted by atomic mass is 35.5. The maximum absolute atomic E-state index is 12.1. The largest absolute Gasteiger partial charge is 0.495 e. The van der Waals surface area contributed by atoms with E-state index in [-0.39, 0.29) is 18.6 Å². The van der Waals surface area contributed by atoms with E-state index in [1.165, 1.54) is 35.2 Å². The molecule has 0 aliphatic carbocycles. The van der Waals surface area contributed by atoms with E-state index >= 15 is 0 Å². The van der Waals surface area contributed by atoms with E-state index in [0.29, 0.717) is 22.3 Å². The van der Waals surface area contributed by atoms with E-state index in [9.17, 15) is 9.59 Å². The van der Waals surface area contributed by atoms with Gasteiger partial charge in [0.2, 0.25) is 0 Å². The molecule has 0 bridgehead atoms. The van der Waals surface area contributed by atoms with Crippen LogP contribution in [-0.4, -0.2) is 44.2 Å². The molecule has 140 valence electrons. The third-order valence-electron chi connectivity index (χ3n) is 3.52. The highest BCUT2D eigenvalue weighted by Gasteiger charge is 2.09. The van der Waals surface area contributed by atoms with Crippen LogP contribution in [0.15, 0.2) is 47.8 Å². The number of nitrogens with one attached hydrogen (secondary N) is 2. The first-order valence-corrected chi connectivity index (χ1v) is 8.26. The molecular weight excluding hydrogens is 374 g/mol. The zero-order valence-corrected chi connectivity index (χ0v) is 15.1. The van der Waals surface area contributed by atoms with E-state index < -0.39 is 6.03 Å². The highest BCUT2D eigenvalue weighted by molar-refractivity contribution is 6.31. The average Bonchev–Trinajstić information content (AvgIpc) is 3.18. The van der Waals surface area contributed by atoms with Gasteiger partial charge < -0.3 is 15.4 Å². The molecule has 10 nitrogen and oxygen atoms in total. The summed E-state index contributed by atoms with van der Waals surface area (Å²) in [6.07, 6.45) is 2.84. The average molecular weight is 390 g/mol. The number of halogens is 1. The lowest BCUT2D eigenvalue weighted by Crippen LogP contribution is -2.34. The fraction of sp³-hybridized carbons (Fsp3) is 0.188. The van der Waals surface area contributed by atoms with Gasteiger partial charge in [-0.1, -0.05) is 11.6 Å². The predicted octanol–water partition coefficient (Wildman–Crippen LogP) is 1.31. The number of amides is 2. The first-order valence-electron chi connectivity index (χ1n) is 7.88. The SMILES string of the molecule is COc1ccc(Cl)cc1NC(=O)NCCn1nc(-n2cncn2)ccc1=O. The monoisotopic (exact) mass is 389 g/mol. The Morgan fingerprint density at radius 1 is 1.30 bits per heavy atom. The lowest BCUT2D eigenvalue weighted by Gasteiger charge is -2.12. The van der Waals surface area contributed by atoms with Gasteiger partial charge in [-0.3, -0.25) is 4.79 Å². The highest BCUT2D eigenvalue weighted by Crippen LogP contribution is 2.27. The van der Waals surface area contributed by atoms with Crippen molar-refractivity contribution in [3.05, 3.63) is 58.4 Å². The molecule has 1 aromatic carbocycles. The summed E-state index contributed by atoms with van der Waals surface area (Å²) in [7, 11) is 1.49. The first-order chi connectivity index (χ1) is 13.1. The van der Waals surface area contributed by atoms with Crippen LogP contribution >= 0.6 is 11.6 Å². The second-order valence-electron chi connectivity index (χ2n) is 5.32. The molecule has 27 heavy (non-hydrogen) atoms. The Balaban J connectivity index is 1.60. The summed E-state index contributed by atoms with van der Waals surface area (Å²) in [6.45, 7) is 0.365. The number of aromatic nitrogens is 5. The van der Waals surface area contributed by atoms with Crippen molar-refractivity contribution in [3.8, 4) is 11.6 Å². The number of anilines is 1. The molecule has 0 atom stereocenters. The van der Waals surface area contributed by atoms with Gasteiger partial charge in [0, 0.05) is 17.6 Å². The second-order valence-corrected chi connectivity index (χ2v) is 5.75. The summed E-state index contributed by atoms with van der Waals surface area (Å²) < 4.78 is 7.83. The minimum absolute atomic E-state index is 0.182. The van der Waals surface area contributed by atoms with Gasteiger partial charge in [0.1, 0.15) is 18.4 Å². The van der Waals surface area contributed by atoms with E-state index in [2.05, 4.69) is 25.8 Å². The van der Waals surface area contributed by atoms with Crippen LogP contribution in [-0.2, 0) is 6.54 Å². The molecule has 0 unspecified atom stereocenters. The van der Waals surface area contributed by atoms with Crippen molar-refractivity contribution in [1.29, 1.82) is 0 Å². The number of carbonyl (C=O) groups is 1. The third kappa shape index (κ3) is 4.61. The van der Waals surface area contributed by atoms with Crippen LogP contribution in [0.3, 0.4) is 0 Å². The van der Waals surface area contributed by atoms with Crippen molar-refractivity contribution in [3.63, 3.8) is 0 Å². The Labute approximate surface area is 158 Å².